The first-order valence-corrected chi connectivity index (χ1v) is 5.93. The van der Waals surface area contributed by atoms with Gasteiger partial charge >= 0.3 is 5.97 Å². The molecule has 0 aromatic heterocycles. The number of carboxylic acid groups (broad SMARTS) is 1. The lowest BCUT2D eigenvalue weighted by Gasteiger charge is -2.35. The molecule has 0 aliphatic carbocycles. The van der Waals surface area contributed by atoms with E-state index in [2.05, 4.69) is 12.2 Å². The third-order valence-electron chi connectivity index (χ3n) is 3.11. The van der Waals surface area contributed by atoms with Crippen LogP contribution in [0.1, 0.15) is 18.5 Å². The molecule has 1 aromatic carbocycles. The molecule has 4 nitrogen and oxygen atoms in total. The molecule has 1 fully saturated rings. The molecule has 1 aliphatic heterocycles. The summed E-state index contributed by atoms with van der Waals surface area (Å²) in [5, 5.41) is 12.7. The van der Waals surface area contributed by atoms with Crippen molar-refractivity contribution >= 4 is 5.97 Å². The zero-order valence-electron chi connectivity index (χ0n) is 9.97. The van der Waals surface area contributed by atoms with Crippen molar-refractivity contribution in [1.29, 1.82) is 0 Å². The van der Waals surface area contributed by atoms with E-state index in [4.69, 9.17) is 0 Å². The molecule has 92 valence electrons. The first-order valence-electron chi connectivity index (χ1n) is 5.93. The zero-order chi connectivity index (χ0) is 12.3. The van der Waals surface area contributed by atoms with E-state index in [1.165, 1.54) is 0 Å². The van der Waals surface area contributed by atoms with Crippen molar-refractivity contribution in [3.8, 4) is 0 Å². The topological polar surface area (TPSA) is 52.6 Å². The third kappa shape index (κ3) is 2.84. The van der Waals surface area contributed by atoms with Crippen molar-refractivity contribution in [2.45, 2.75) is 19.0 Å². The van der Waals surface area contributed by atoms with Crippen LogP contribution in [-0.2, 0) is 4.79 Å². The van der Waals surface area contributed by atoms with Gasteiger partial charge in [-0.1, -0.05) is 30.3 Å². The van der Waals surface area contributed by atoms with Crippen molar-refractivity contribution in [3.63, 3.8) is 0 Å². The Morgan fingerprint density at radius 1 is 1.47 bits per heavy atom. The Morgan fingerprint density at radius 3 is 2.76 bits per heavy atom. The Bertz CT molecular complexity index is 380. The second-order valence-electron chi connectivity index (χ2n) is 4.50. The lowest BCUT2D eigenvalue weighted by molar-refractivity contribution is -0.144. The van der Waals surface area contributed by atoms with Gasteiger partial charge in [0.2, 0.25) is 0 Å². The van der Waals surface area contributed by atoms with Gasteiger partial charge in [0, 0.05) is 25.7 Å². The van der Waals surface area contributed by atoms with Gasteiger partial charge in [-0.2, -0.15) is 0 Å². The molecule has 17 heavy (non-hydrogen) atoms. The quantitative estimate of drug-likeness (QED) is 0.822. The summed E-state index contributed by atoms with van der Waals surface area (Å²) in [7, 11) is 0. The molecule has 4 heteroatoms. The first-order chi connectivity index (χ1) is 8.18. The van der Waals surface area contributed by atoms with Crippen LogP contribution in [0, 0.1) is 0 Å². The van der Waals surface area contributed by atoms with E-state index < -0.39 is 12.0 Å². The van der Waals surface area contributed by atoms with E-state index in [1.54, 1.807) is 0 Å². The highest BCUT2D eigenvalue weighted by molar-refractivity contribution is 5.75. The predicted octanol–water partition coefficient (Wildman–Crippen LogP) is 1.11. The number of aliphatic carboxylic acids is 1. The van der Waals surface area contributed by atoms with Crippen LogP contribution in [0.15, 0.2) is 30.3 Å². The lowest BCUT2D eigenvalue weighted by atomic mass is 10.0. The monoisotopic (exact) mass is 234 g/mol. The van der Waals surface area contributed by atoms with Gasteiger partial charge in [0.15, 0.2) is 0 Å². The summed E-state index contributed by atoms with van der Waals surface area (Å²) in [4.78, 5) is 13.5. The van der Waals surface area contributed by atoms with Crippen LogP contribution in [0.5, 0.6) is 0 Å². The fourth-order valence-corrected chi connectivity index (χ4v) is 2.34. The highest BCUT2D eigenvalue weighted by atomic mass is 16.4. The van der Waals surface area contributed by atoms with E-state index in [0.29, 0.717) is 6.04 Å². The summed E-state index contributed by atoms with van der Waals surface area (Å²) in [5.41, 5.74) is 0.856. The maximum atomic E-state index is 11.4. The number of carbonyl (C=O) groups is 1. The summed E-state index contributed by atoms with van der Waals surface area (Å²) >= 11 is 0. The maximum Gasteiger partial charge on any atom is 0.325 e. The Morgan fingerprint density at radius 2 is 2.18 bits per heavy atom. The normalized spacial score (nSPS) is 23.2. The molecular weight excluding hydrogens is 216 g/mol. The van der Waals surface area contributed by atoms with Gasteiger partial charge in [-0.25, -0.2) is 0 Å². The molecule has 0 bridgehead atoms. The van der Waals surface area contributed by atoms with Crippen LogP contribution in [0.2, 0.25) is 0 Å². The van der Waals surface area contributed by atoms with E-state index in [1.807, 2.05) is 35.2 Å². The third-order valence-corrected chi connectivity index (χ3v) is 3.11. The minimum absolute atomic E-state index is 0.342. The molecule has 1 unspecified atom stereocenters. The number of piperazine rings is 1. The van der Waals surface area contributed by atoms with Gasteiger partial charge in [-0.15, -0.1) is 0 Å². The molecule has 0 radical (unpaired) electrons. The largest absolute Gasteiger partial charge is 0.480 e. The van der Waals surface area contributed by atoms with Crippen LogP contribution in [-0.4, -0.2) is 41.7 Å². The Kier molecular flexibility index (Phi) is 3.76. The molecule has 1 aliphatic rings. The molecular formula is C13H18N2O2. The van der Waals surface area contributed by atoms with Crippen LogP contribution in [0.25, 0.3) is 0 Å². The average molecular weight is 234 g/mol. The number of nitrogens with zero attached hydrogens (tertiary/aromatic N) is 1. The standard InChI is InChI=1S/C13H18N2O2/c1-10-9-15(8-7-14-10)12(13(16)17)11-5-3-2-4-6-11/h2-6,10,12,14H,7-9H2,1H3,(H,16,17)/t10-,12?/m1/s1. The number of hydrogen-bond acceptors (Lipinski definition) is 3. The molecule has 2 rings (SSSR count). The number of nitrogens with one attached hydrogen (secondary N) is 1. The molecule has 0 amide bonds. The van der Waals surface area contributed by atoms with Crippen molar-refractivity contribution in [1.82, 2.24) is 10.2 Å². The fraction of sp³-hybridized carbons (Fsp3) is 0.462. The van der Waals surface area contributed by atoms with E-state index >= 15 is 0 Å². The number of carboxylic acids is 1. The van der Waals surface area contributed by atoms with Gasteiger partial charge < -0.3 is 10.4 Å². The summed E-state index contributed by atoms with van der Waals surface area (Å²) in [6, 6.07) is 9.25. The Labute approximate surface area is 101 Å². The van der Waals surface area contributed by atoms with Gasteiger partial charge in [-0.3, -0.25) is 9.69 Å². The van der Waals surface area contributed by atoms with Crippen LogP contribution in [0.3, 0.4) is 0 Å². The lowest BCUT2D eigenvalue weighted by Crippen LogP contribution is -2.51. The zero-order valence-corrected chi connectivity index (χ0v) is 9.97. The molecule has 2 atom stereocenters. The van der Waals surface area contributed by atoms with Crippen LogP contribution < -0.4 is 5.32 Å². The number of hydrogen-bond donors (Lipinski definition) is 2. The van der Waals surface area contributed by atoms with Gasteiger partial charge in [0.1, 0.15) is 6.04 Å². The fourth-order valence-electron chi connectivity index (χ4n) is 2.34. The van der Waals surface area contributed by atoms with E-state index in [-0.39, 0.29) is 0 Å². The minimum Gasteiger partial charge on any atom is -0.480 e. The number of rotatable bonds is 3. The summed E-state index contributed by atoms with van der Waals surface area (Å²) in [6.45, 7) is 4.47. The Hall–Kier alpha value is -1.39. The van der Waals surface area contributed by atoms with Crippen molar-refractivity contribution in [2.75, 3.05) is 19.6 Å². The summed E-state index contributed by atoms with van der Waals surface area (Å²) in [6.07, 6.45) is 0. The number of benzene rings is 1. The molecule has 1 aromatic rings. The summed E-state index contributed by atoms with van der Waals surface area (Å²) < 4.78 is 0. The van der Waals surface area contributed by atoms with Gasteiger partial charge in [-0.05, 0) is 12.5 Å². The second-order valence-corrected chi connectivity index (χ2v) is 4.50. The Balaban J connectivity index is 2.20. The molecule has 2 N–H and O–H groups in total. The molecule has 1 saturated heterocycles. The van der Waals surface area contributed by atoms with Crippen molar-refractivity contribution < 1.29 is 9.90 Å². The average Bonchev–Trinajstić information content (AvgIpc) is 2.30. The first kappa shape index (κ1) is 12.1. The van der Waals surface area contributed by atoms with Gasteiger partial charge in [0.05, 0.1) is 0 Å². The van der Waals surface area contributed by atoms with Crippen molar-refractivity contribution in [2.24, 2.45) is 0 Å². The predicted molar refractivity (Wildman–Crippen MR) is 65.9 cm³/mol. The highest BCUT2D eigenvalue weighted by Crippen LogP contribution is 2.22. The van der Waals surface area contributed by atoms with E-state index in [0.717, 1.165) is 25.2 Å². The SMILES string of the molecule is C[C@@H]1CN(C(C(=O)O)c2ccccc2)CCN1. The highest BCUT2D eigenvalue weighted by Gasteiger charge is 2.29. The second kappa shape index (κ2) is 5.29. The molecule has 1 heterocycles. The maximum absolute atomic E-state index is 11.4. The molecule has 0 spiro atoms. The smallest absolute Gasteiger partial charge is 0.325 e. The van der Waals surface area contributed by atoms with Crippen LogP contribution >= 0.6 is 0 Å². The summed E-state index contributed by atoms with van der Waals surface area (Å²) in [5.74, 6) is -0.773. The van der Waals surface area contributed by atoms with E-state index in [9.17, 15) is 9.90 Å². The molecule has 0 saturated carbocycles. The van der Waals surface area contributed by atoms with Crippen LogP contribution in [0.4, 0.5) is 0 Å². The van der Waals surface area contributed by atoms with Gasteiger partial charge in [0.25, 0.3) is 0 Å². The van der Waals surface area contributed by atoms with Crippen molar-refractivity contribution in [3.05, 3.63) is 35.9 Å². The minimum atomic E-state index is -0.773.